The number of carbonyl (C=O) groups excluding carboxylic acids is 5. The molecule has 3 aliphatic heterocycles. The standard InChI is InChI=1S/C37H38FN5O9/c1-3-37(50)23-13-26-34-21(16-43(26)35(48)22(23)17-51-36(37)49)33-27(9-8-20-19(2)24(38)14-25(41-34)32(20)33)52-18-40-29(45)15-39-28(44)7-5-4-6-12-42-30(46)10-11-31(42)47/h10-11,13-14,27,50H,3-9,12,15-18H2,1-2H3,(H,39,44)(H,40,45)/t27?,37-/m0/s1. The zero-order chi connectivity index (χ0) is 36.9. The monoisotopic (exact) mass is 715 g/mol. The maximum absolute atomic E-state index is 15.2. The Morgan fingerprint density at radius 1 is 1.06 bits per heavy atom. The highest BCUT2D eigenvalue weighted by molar-refractivity contribution is 6.12. The Kier molecular flexibility index (Phi) is 9.25. The van der Waals surface area contributed by atoms with Gasteiger partial charge in [0.1, 0.15) is 19.2 Å². The number of fused-ring (bicyclic) bond motifs is 5. The van der Waals surface area contributed by atoms with Crippen molar-refractivity contribution in [3.63, 3.8) is 0 Å². The largest absolute Gasteiger partial charge is 0.458 e. The van der Waals surface area contributed by atoms with Crippen molar-refractivity contribution in [1.29, 1.82) is 0 Å². The number of pyridine rings is 2. The van der Waals surface area contributed by atoms with Gasteiger partial charge in [-0.1, -0.05) is 13.3 Å². The number of cyclic esters (lactones) is 1. The van der Waals surface area contributed by atoms with Gasteiger partial charge in [0.05, 0.1) is 41.7 Å². The summed E-state index contributed by atoms with van der Waals surface area (Å²) in [6.45, 7) is 3.06. The van der Waals surface area contributed by atoms with Crippen LogP contribution in [0.2, 0.25) is 0 Å². The number of hydrogen-bond donors (Lipinski definition) is 3. The summed E-state index contributed by atoms with van der Waals surface area (Å²) in [7, 11) is 0. The summed E-state index contributed by atoms with van der Waals surface area (Å²) in [4.78, 5) is 80.6. The topological polar surface area (TPSA) is 186 Å². The lowest BCUT2D eigenvalue weighted by atomic mass is 9.82. The van der Waals surface area contributed by atoms with Crippen LogP contribution in [0.25, 0.3) is 22.3 Å². The summed E-state index contributed by atoms with van der Waals surface area (Å²) in [5.74, 6) is -2.68. The average molecular weight is 716 g/mol. The van der Waals surface area contributed by atoms with E-state index in [1.807, 2.05) is 0 Å². The molecule has 2 atom stereocenters. The molecule has 1 aliphatic carbocycles. The van der Waals surface area contributed by atoms with Crippen LogP contribution in [0.1, 0.15) is 84.9 Å². The highest BCUT2D eigenvalue weighted by Gasteiger charge is 2.46. The summed E-state index contributed by atoms with van der Waals surface area (Å²) in [5, 5.41) is 17.2. The molecule has 4 amide bonds. The molecule has 0 radical (unpaired) electrons. The molecule has 3 N–H and O–H groups in total. The lowest BCUT2D eigenvalue weighted by Gasteiger charge is -2.31. The van der Waals surface area contributed by atoms with Crippen LogP contribution < -0.4 is 16.2 Å². The Morgan fingerprint density at radius 3 is 2.58 bits per heavy atom. The van der Waals surface area contributed by atoms with Crippen molar-refractivity contribution in [1.82, 2.24) is 25.1 Å². The summed E-state index contributed by atoms with van der Waals surface area (Å²) in [5.41, 5.74) is 1.88. The number of nitrogens with one attached hydrogen (secondary N) is 2. The minimum Gasteiger partial charge on any atom is -0.458 e. The molecule has 0 bridgehead atoms. The minimum absolute atomic E-state index is 0.00450. The van der Waals surface area contributed by atoms with Crippen LogP contribution in [-0.2, 0) is 58.6 Å². The zero-order valence-electron chi connectivity index (χ0n) is 28.8. The Morgan fingerprint density at radius 2 is 1.83 bits per heavy atom. The Bertz CT molecular complexity index is 2140. The lowest BCUT2D eigenvalue weighted by molar-refractivity contribution is -0.172. The normalized spacial score (nSPS) is 19.8. The smallest absolute Gasteiger partial charge is 0.343 e. The van der Waals surface area contributed by atoms with E-state index in [1.165, 1.54) is 22.8 Å². The Hall–Kier alpha value is -5.28. The average Bonchev–Trinajstić information content (AvgIpc) is 3.66. The second kappa shape index (κ2) is 13.7. The van der Waals surface area contributed by atoms with Crippen molar-refractivity contribution in [3.8, 4) is 11.4 Å². The predicted molar refractivity (Wildman–Crippen MR) is 182 cm³/mol. The van der Waals surface area contributed by atoms with E-state index in [1.54, 1.807) is 19.9 Å². The van der Waals surface area contributed by atoms with Crippen molar-refractivity contribution in [2.75, 3.05) is 19.8 Å². The number of halogens is 1. The fourth-order valence-corrected chi connectivity index (χ4v) is 7.62. The fourth-order valence-electron chi connectivity index (χ4n) is 7.62. The number of benzene rings is 1. The molecule has 5 heterocycles. The molecule has 272 valence electrons. The van der Waals surface area contributed by atoms with Crippen molar-refractivity contribution in [2.24, 2.45) is 0 Å². The third-order valence-electron chi connectivity index (χ3n) is 10.5. The van der Waals surface area contributed by atoms with E-state index in [9.17, 15) is 33.9 Å². The second-order valence-corrected chi connectivity index (χ2v) is 13.5. The van der Waals surface area contributed by atoms with Crippen molar-refractivity contribution < 1.29 is 42.9 Å². The Balaban J connectivity index is 1.03. The molecule has 14 nitrogen and oxygen atoms in total. The van der Waals surface area contributed by atoms with E-state index in [0.29, 0.717) is 66.7 Å². The molecule has 4 aliphatic rings. The molecule has 52 heavy (non-hydrogen) atoms. The first kappa shape index (κ1) is 35.1. The highest BCUT2D eigenvalue weighted by Crippen LogP contribution is 2.46. The van der Waals surface area contributed by atoms with Gasteiger partial charge in [-0.25, -0.2) is 14.2 Å². The molecule has 7 rings (SSSR count). The number of hydrogen-bond acceptors (Lipinski definition) is 10. The molecule has 0 saturated heterocycles. The van der Waals surface area contributed by atoms with Gasteiger partial charge in [0.25, 0.3) is 17.4 Å². The van der Waals surface area contributed by atoms with Crippen LogP contribution >= 0.6 is 0 Å². The predicted octanol–water partition coefficient (Wildman–Crippen LogP) is 2.21. The summed E-state index contributed by atoms with van der Waals surface area (Å²) in [6, 6.07) is 2.96. The highest BCUT2D eigenvalue weighted by atomic mass is 19.1. The molecule has 2 aromatic heterocycles. The van der Waals surface area contributed by atoms with Gasteiger partial charge in [-0.15, -0.1) is 0 Å². The van der Waals surface area contributed by atoms with Crippen LogP contribution in [-0.4, -0.2) is 69.0 Å². The maximum Gasteiger partial charge on any atom is 0.343 e. The second-order valence-electron chi connectivity index (χ2n) is 13.5. The third-order valence-corrected chi connectivity index (χ3v) is 10.5. The number of imide groups is 1. The quantitative estimate of drug-likeness (QED) is 0.0850. The first-order chi connectivity index (χ1) is 24.9. The van der Waals surface area contributed by atoms with Crippen LogP contribution in [0.4, 0.5) is 4.39 Å². The number of carbonyl (C=O) groups is 5. The first-order valence-electron chi connectivity index (χ1n) is 17.4. The molecule has 0 saturated carbocycles. The van der Waals surface area contributed by atoms with E-state index in [4.69, 9.17) is 14.5 Å². The summed E-state index contributed by atoms with van der Waals surface area (Å²) in [6.07, 6.45) is 4.78. The number of ether oxygens (including phenoxy) is 2. The van der Waals surface area contributed by atoms with Crippen LogP contribution in [0.3, 0.4) is 0 Å². The van der Waals surface area contributed by atoms with Gasteiger partial charge in [0, 0.05) is 47.7 Å². The van der Waals surface area contributed by atoms with Crippen LogP contribution in [0.5, 0.6) is 0 Å². The lowest BCUT2D eigenvalue weighted by Crippen LogP contribution is -2.44. The molecule has 1 aromatic carbocycles. The van der Waals surface area contributed by atoms with E-state index in [-0.39, 0.29) is 68.1 Å². The number of esters is 1. The van der Waals surface area contributed by atoms with Gasteiger partial charge >= 0.3 is 5.97 Å². The molecule has 15 heteroatoms. The molecular formula is C37H38FN5O9. The molecule has 3 aromatic rings. The van der Waals surface area contributed by atoms with Crippen LogP contribution in [0, 0.1) is 12.7 Å². The zero-order valence-corrected chi connectivity index (χ0v) is 28.8. The van der Waals surface area contributed by atoms with Gasteiger partial charge in [0.15, 0.2) is 5.60 Å². The van der Waals surface area contributed by atoms with Crippen LogP contribution in [0.15, 0.2) is 29.1 Å². The van der Waals surface area contributed by atoms with E-state index < -0.39 is 35.0 Å². The molecule has 0 spiro atoms. The van der Waals surface area contributed by atoms with E-state index in [0.717, 1.165) is 21.4 Å². The molecule has 0 fully saturated rings. The molecular weight excluding hydrogens is 677 g/mol. The van der Waals surface area contributed by atoms with Crippen molar-refractivity contribution >= 4 is 40.5 Å². The summed E-state index contributed by atoms with van der Waals surface area (Å²) >= 11 is 0. The number of unbranched alkanes of at least 4 members (excludes halogenated alkanes) is 2. The number of nitrogens with zero attached hydrogens (tertiary/aromatic N) is 3. The van der Waals surface area contributed by atoms with Gasteiger partial charge in [-0.2, -0.15) is 0 Å². The number of aromatic nitrogens is 2. The van der Waals surface area contributed by atoms with Gasteiger partial charge in [-0.05, 0) is 61.8 Å². The number of amides is 4. The summed E-state index contributed by atoms with van der Waals surface area (Å²) < 4.78 is 28.1. The minimum atomic E-state index is -1.99. The fraction of sp³-hybridized carbons (Fsp3) is 0.432. The van der Waals surface area contributed by atoms with E-state index >= 15 is 4.39 Å². The van der Waals surface area contributed by atoms with Gasteiger partial charge in [0.2, 0.25) is 11.8 Å². The first-order valence-corrected chi connectivity index (χ1v) is 17.4. The van der Waals surface area contributed by atoms with E-state index in [2.05, 4.69) is 10.6 Å². The van der Waals surface area contributed by atoms with Gasteiger partial charge < -0.3 is 29.8 Å². The van der Waals surface area contributed by atoms with Gasteiger partial charge in [-0.3, -0.25) is 28.9 Å². The molecule has 1 unspecified atom stereocenters. The maximum atomic E-state index is 15.2. The SMILES string of the molecule is CC[C@@]1(O)C(=O)OCc2c1cc1n(c2=O)Cc2c-1nc1cc(F)c(C)c3c1c2C(OCNC(=O)CNC(=O)CCCCCN1C(=O)C=CC1=O)CC3. The number of aryl methyl sites for hydroxylation is 1. The Labute approximate surface area is 297 Å². The van der Waals surface area contributed by atoms with Crippen molar-refractivity contribution in [3.05, 3.63) is 73.8 Å². The third kappa shape index (κ3) is 5.96. The number of rotatable bonds is 12. The van der Waals surface area contributed by atoms with Crippen molar-refractivity contribution in [2.45, 2.75) is 83.6 Å². The number of aliphatic hydroxyl groups is 1.